The van der Waals surface area contributed by atoms with Crippen LogP contribution in [-0.4, -0.2) is 41.8 Å². The van der Waals surface area contributed by atoms with Gasteiger partial charge in [-0.05, 0) is 32.9 Å². The highest BCUT2D eigenvalue weighted by molar-refractivity contribution is 9.09. The summed E-state index contributed by atoms with van der Waals surface area (Å²) in [5.41, 5.74) is 0. The van der Waals surface area contributed by atoms with E-state index in [0.717, 1.165) is 11.9 Å². The van der Waals surface area contributed by atoms with Crippen molar-refractivity contribution in [1.29, 1.82) is 0 Å². The van der Waals surface area contributed by atoms with Crippen LogP contribution in [0.5, 0.6) is 0 Å². The number of amides is 1. The van der Waals surface area contributed by atoms with Crippen molar-refractivity contribution in [1.82, 2.24) is 10.2 Å². The van der Waals surface area contributed by atoms with Gasteiger partial charge in [-0.2, -0.15) is 0 Å². The largest absolute Gasteiger partial charge is 0.355 e. The number of hydrogen-bond donors (Lipinski definition) is 1. The van der Waals surface area contributed by atoms with E-state index in [1.165, 1.54) is 32.4 Å². The highest BCUT2D eigenvalue weighted by Gasteiger charge is 2.16. The minimum absolute atomic E-state index is 0.149. The van der Waals surface area contributed by atoms with Gasteiger partial charge in [0, 0.05) is 24.3 Å². The van der Waals surface area contributed by atoms with Gasteiger partial charge in [0.05, 0.1) is 0 Å². The first-order chi connectivity index (χ1) is 7.24. The van der Waals surface area contributed by atoms with Crippen LogP contribution < -0.4 is 5.32 Å². The van der Waals surface area contributed by atoms with E-state index in [-0.39, 0.29) is 5.91 Å². The molecule has 0 bridgehead atoms. The predicted octanol–water partition coefficient (Wildman–Crippen LogP) is 1.76. The number of piperidine rings is 1. The molecule has 88 valence electrons. The molecule has 1 aliphatic rings. The van der Waals surface area contributed by atoms with Crippen molar-refractivity contribution < 1.29 is 4.79 Å². The molecule has 1 aliphatic heterocycles. The van der Waals surface area contributed by atoms with Crippen LogP contribution in [0.4, 0.5) is 0 Å². The Balaban J connectivity index is 2.16. The number of nitrogens with zero attached hydrogens (tertiary/aromatic N) is 1. The Bertz CT molecular complexity index is 193. The van der Waals surface area contributed by atoms with Gasteiger partial charge in [0.25, 0.3) is 0 Å². The number of likely N-dealkylation sites (tertiary alicyclic amines) is 1. The molecule has 0 aliphatic carbocycles. The SMILES string of the molecule is CC(CNC(=O)CCBr)N1CCCCC1. The van der Waals surface area contributed by atoms with E-state index in [1.54, 1.807) is 0 Å². The molecule has 0 aromatic heterocycles. The zero-order valence-electron chi connectivity index (χ0n) is 9.47. The van der Waals surface area contributed by atoms with Gasteiger partial charge >= 0.3 is 0 Å². The van der Waals surface area contributed by atoms with Gasteiger partial charge in [-0.3, -0.25) is 9.69 Å². The van der Waals surface area contributed by atoms with Gasteiger partial charge in [0.1, 0.15) is 0 Å². The van der Waals surface area contributed by atoms with Crippen LogP contribution in [-0.2, 0) is 4.79 Å². The smallest absolute Gasteiger partial charge is 0.220 e. The first-order valence-corrected chi connectivity index (χ1v) is 6.93. The van der Waals surface area contributed by atoms with Gasteiger partial charge in [0.2, 0.25) is 5.91 Å². The van der Waals surface area contributed by atoms with Gasteiger partial charge in [-0.25, -0.2) is 0 Å². The molecule has 15 heavy (non-hydrogen) atoms. The van der Waals surface area contributed by atoms with Crippen molar-refractivity contribution >= 4 is 21.8 Å². The Hall–Kier alpha value is -0.0900. The molecule has 0 spiro atoms. The van der Waals surface area contributed by atoms with Crippen LogP contribution in [0.3, 0.4) is 0 Å². The zero-order chi connectivity index (χ0) is 11.1. The Morgan fingerprint density at radius 2 is 2.07 bits per heavy atom. The number of nitrogens with one attached hydrogen (secondary N) is 1. The number of hydrogen-bond acceptors (Lipinski definition) is 2. The third-order valence-electron chi connectivity index (χ3n) is 2.93. The second-order valence-corrected chi connectivity index (χ2v) is 4.98. The van der Waals surface area contributed by atoms with Crippen molar-refractivity contribution in [3.05, 3.63) is 0 Å². The maximum Gasteiger partial charge on any atom is 0.220 e. The number of carbonyl (C=O) groups is 1. The maximum absolute atomic E-state index is 11.3. The molecule has 3 nitrogen and oxygen atoms in total. The van der Waals surface area contributed by atoms with Crippen molar-refractivity contribution in [3.8, 4) is 0 Å². The molecule has 1 heterocycles. The molecule has 1 atom stereocenters. The van der Waals surface area contributed by atoms with E-state index >= 15 is 0 Å². The highest BCUT2D eigenvalue weighted by atomic mass is 79.9. The lowest BCUT2D eigenvalue weighted by Crippen LogP contribution is -2.44. The Morgan fingerprint density at radius 1 is 1.40 bits per heavy atom. The van der Waals surface area contributed by atoms with Gasteiger partial charge in [0.15, 0.2) is 0 Å². The monoisotopic (exact) mass is 276 g/mol. The topological polar surface area (TPSA) is 32.3 Å². The molecule has 1 rings (SSSR count). The van der Waals surface area contributed by atoms with Crippen molar-refractivity contribution in [2.75, 3.05) is 25.0 Å². The van der Waals surface area contributed by atoms with Crippen LogP contribution in [0.15, 0.2) is 0 Å². The van der Waals surface area contributed by atoms with Crippen molar-refractivity contribution in [2.45, 2.75) is 38.6 Å². The molecule has 0 aromatic carbocycles. The molecule has 0 aromatic rings. The first-order valence-electron chi connectivity index (χ1n) is 5.80. The summed E-state index contributed by atoms with van der Waals surface area (Å²) in [5.74, 6) is 0.149. The van der Waals surface area contributed by atoms with Crippen molar-refractivity contribution in [2.24, 2.45) is 0 Å². The van der Waals surface area contributed by atoms with E-state index in [9.17, 15) is 4.79 Å². The molecule has 0 radical (unpaired) electrons. The standard InChI is InChI=1S/C11H21BrN2O/c1-10(9-13-11(15)5-6-12)14-7-3-2-4-8-14/h10H,2-9H2,1H3,(H,13,15). The lowest BCUT2D eigenvalue weighted by atomic mass is 10.1. The van der Waals surface area contributed by atoms with Crippen LogP contribution in [0, 0.1) is 0 Å². The lowest BCUT2D eigenvalue weighted by molar-refractivity contribution is -0.120. The van der Waals surface area contributed by atoms with Crippen LogP contribution in [0.25, 0.3) is 0 Å². The fourth-order valence-corrected chi connectivity index (χ4v) is 2.28. The molecule has 1 fully saturated rings. The quantitative estimate of drug-likeness (QED) is 0.777. The van der Waals surface area contributed by atoms with Crippen LogP contribution in [0.1, 0.15) is 32.6 Å². The van der Waals surface area contributed by atoms with E-state index < -0.39 is 0 Å². The third kappa shape index (κ3) is 4.98. The molecular weight excluding hydrogens is 256 g/mol. The Kier molecular flexibility index (Phi) is 6.25. The van der Waals surface area contributed by atoms with Crippen LogP contribution in [0.2, 0.25) is 0 Å². The lowest BCUT2D eigenvalue weighted by Gasteiger charge is -2.32. The number of alkyl halides is 1. The molecular formula is C11H21BrN2O. The van der Waals surface area contributed by atoms with E-state index in [4.69, 9.17) is 0 Å². The maximum atomic E-state index is 11.3. The fourth-order valence-electron chi connectivity index (χ4n) is 1.92. The van der Waals surface area contributed by atoms with Gasteiger partial charge in [-0.15, -0.1) is 0 Å². The van der Waals surface area contributed by atoms with Gasteiger partial charge < -0.3 is 5.32 Å². The molecule has 1 N–H and O–H groups in total. The minimum atomic E-state index is 0.149. The Morgan fingerprint density at radius 3 is 2.67 bits per heavy atom. The normalized spacial score (nSPS) is 19.9. The summed E-state index contributed by atoms with van der Waals surface area (Å²) in [7, 11) is 0. The summed E-state index contributed by atoms with van der Waals surface area (Å²) in [6, 6.07) is 0.476. The molecule has 0 saturated carbocycles. The summed E-state index contributed by atoms with van der Waals surface area (Å²) in [6.45, 7) is 5.36. The second-order valence-electron chi connectivity index (χ2n) is 4.19. The van der Waals surface area contributed by atoms with Gasteiger partial charge in [-0.1, -0.05) is 22.4 Å². The molecule has 1 amide bonds. The van der Waals surface area contributed by atoms with Crippen LogP contribution >= 0.6 is 15.9 Å². The molecule has 1 unspecified atom stereocenters. The molecule has 4 heteroatoms. The van der Waals surface area contributed by atoms with E-state index in [2.05, 4.69) is 33.1 Å². The zero-order valence-corrected chi connectivity index (χ0v) is 11.1. The summed E-state index contributed by atoms with van der Waals surface area (Å²) >= 11 is 3.26. The van der Waals surface area contributed by atoms with E-state index in [0.29, 0.717) is 12.5 Å². The summed E-state index contributed by atoms with van der Waals surface area (Å²) in [4.78, 5) is 13.7. The number of carbonyl (C=O) groups excluding carboxylic acids is 1. The van der Waals surface area contributed by atoms with E-state index in [1.807, 2.05) is 0 Å². The fraction of sp³-hybridized carbons (Fsp3) is 0.909. The average molecular weight is 277 g/mol. The Labute approximate surface area is 101 Å². The van der Waals surface area contributed by atoms with Crippen molar-refractivity contribution in [3.63, 3.8) is 0 Å². The number of rotatable bonds is 5. The molecule has 1 saturated heterocycles. The summed E-state index contributed by atoms with van der Waals surface area (Å²) in [6.07, 6.45) is 4.55. The summed E-state index contributed by atoms with van der Waals surface area (Å²) in [5, 5.41) is 3.72. The third-order valence-corrected chi connectivity index (χ3v) is 3.33. The summed E-state index contributed by atoms with van der Waals surface area (Å²) < 4.78 is 0. The second kappa shape index (κ2) is 7.23. The number of halogens is 1. The highest BCUT2D eigenvalue weighted by Crippen LogP contribution is 2.11. The first kappa shape index (κ1) is 13.0. The predicted molar refractivity (Wildman–Crippen MR) is 66.3 cm³/mol. The average Bonchev–Trinajstić information content (AvgIpc) is 2.27. The minimum Gasteiger partial charge on any atom is -0.355 e.